The summed E-state index contributed by atoms with van der Waals surface area (Å²) in [7, 11) is 6.23. The Bertz CT molecular complexity index is 748. The fourth-order valence-corrected chi connectivity index (χ4v) is 4.17. The zero-order chi connectivity index (χ0) is 30.0. The van der Waals surface area contributed by atoms with Gasteiger partial charge in [0.1, 0.15) is 0 Å². The third kappa shape index (κ3) is 19.7. The third-order valence-electron chi connectivity index (χ3n) is 6.38. The van der Waals surface area contributed by atoms with Crippen molar-refractivity contribution in [3.63, 3.8) is 0 Å². The number of carbonyl (C=O) groups is 4. The van der Waals surface area contributed by atoms with E-state index >= 15 is 0 Å². The molecule has 1 aliphatic rings. The first kappa shape index (κ1) is 39.0. The Kier molecular flexibility index (Phi) is 20.6. The maximum atomic E-state index is 12.8. The molecule has 0 saturated carbocycles. The summed E-state index contributed by atoms with van der Waals surface area (Å²) in [6.07, 6.45) is 0. The summed E-state index contributed by atoms with van der Waals surface area (Å²) in [5, 5.41) is 3.01. The molecule has 41 heavy (non-hydrogen) atoms. The van der Waals surface area contributed by atoms with Crippen LogP contribution in [0.1, 0.15) is 20.8 Å². The highest BCUT2D eigenvalue weighted by molar-refractivity contribution is 5.78. The second-order valence-corrected chi connectivity index (χ2v) is 10.9. The molecule has 13 nitrogen and oxygen atoms in total. The zero-order valence-electron chi connectivity index (χ0n) is 26.0. The first-order valence-electron chi connectivity index (χ1n) is 14.4. The zero-order valence-corrected chi connectivity index (χ0v) is 26.7. The van der Waals surface area contributed by atoms with E-state index in [2.05, 4.69) is 31.4 Å². The minimum Gasteiger partial charge on any atom is -1.00 e. The summed E-state index contributed by atoms with van der Waals surface area (Å²) in [5.41, 5.74) is 0. The van der Waals surface area contributed by atoms with Gasteiger partial charge in [-0.2, -0.15) is 0 Å². The molecule has 1 amide bonds. The molecule has 0 aliphatic carbocycles. The normalized spacial score (nSPS) is 16.9. The minimum absolute atomic E-state index is 0. The van der Waals surface area contributed by atoms with E-state index in [-0.39, 0.29) is 62.4 Å². The van der Waals surface area contributed by atoms with Crippen LogP contribution in [0.4, 0.5) is 0 Å². The van der Waals surface area contributed by atoms with Crippen LogP contribution < -0.4 is 17.7 Å². The Balaban J connectivity index is 0.0000160. The lowest BCUT2D eigenvalue weighted by atomic mass is 10.3. The van der Waals surface area contributed by atoms with E-state index in [1.54, 1.807) is 20.8 Å². The van der Waals surface area contributed by atoms with Crippen molar-refractivity contribution in [2.75, 3.05) is 133 Å². The molecule has 0 atom stereocenters. The topological polar surface area (TPSA) is 121 Å². The molecule has 0 aromatic heterocycles. The molecule has 1 heterocycles. The summed E-state index contributed by atoms with van der Waals surface area (Å²) in [4.78, 5) is 57.7. The lowest BCUT2D eigenvalue weighted by Gasteiger charge is -2.33. The number of hydrogen-bond acceptors (Lipinski definition) is 11. The smallest absolute Gasteiger partial charge is 0.320 e. The lowest BCUT2D eigenvalue weighted by molar-refractivity contribution is -0.869. The molecule has 0 aromatic carbocycles. The average Bonchev–Trinajstić information content (AvgIpc) is 2.85. The van der Waals surface area contributed by atoms with Crippen molar-refractivity contribution in [2.24, 2.45) is 0 Å². The van der Waals surface area contributed by atoms with Crippen LogP contribution in [0.2, 0.25) is 0 Å². The van der Waals surface area contributed by atoms with Gasteiger partial charge in [-0.3, -0.25) is 38.8 Å². The first-order valence-corrected chi connectivity index (χ1v) is 14.4. The number of esters is 3. The summed E-state index contributed by atoms with van der Waals surface area (Å²) in [6.45, 7) is 12.5. The summed E-state index contributed by atoms with van der Waals surface area (Å²) in [6, 6.07) is 0. The van der Waals surface area contributed by atoms with Crippen molar-refractivity contribution in [1.82, 2.24) is 24.9 Å². The molecule has 0 unspecified atom stereocenters. The fraction of sp³-hybridized carbons (Fsp3) is 0.852. The number of ether oxygens (including phenoxy) is 3. The maximum Gasteiger partial charge on any atom is 0.320 e. The Labute approximate surface area is 252 Å². The van der Waals surface area contributed by atoms with Crippen molar-refractivity contribution < 1.29 is 50.3 Å². The van der Waals surface area contributed by atoms with Crippen LogP contribution >= 0.6 is 0 Å². The van der Waals surface area contributed by atoms with Crippen LogP contribution in [0, 0.1) is 0 Å². The SMILES string of the molecule is CCOC(=O)CN1CCN(CC(=O)NCC[N+](C)(C)C)CCN(CC(=O)OCC)CCN(CC(=O)OCC)CC1.[Cl-]. The fourth-order valence-electron chi connectivity index (χ4n) is 4.17. The van der Waals surface area contributed by atoms with Gasteiger partial charge in [-0.05, 0) is 20.8 Å². The summed E-state index contributed by atoms with van der Waals surface area (Å²) < 4.78 is 16.3. The third-order valence-corrected chi connectivity index (χ3v) is 6.38. The number of carbonyl (C=O) groups excluding carboxylic acids is 4. The van der Waals surface area contributed by atoms with Gasteiger partial charge in [0.25, 0.3) is 0 Å². The van der Waals surface area contributed by atoms with Crippen LogP contribution in [-0.4, -0.2) is 180 Å². The van der Waals surface area contributed by atoms with Gasteiger partial charge < -0.3 is 36.4 Å². The van der Waals surface area contributed by atoms with Gasteiger partial charge in [-0.15, -0.1) is 0 Å². The Morgan fingerprint density at radius 3 is 1.15 bits per heavy atom. The molecule has 0 radical (unpaired) electrons. The molecule has 240 valence electrons. The van der Waals surface area contributed by atoms with E-state index in [1.165, 1.54) is 0 Å². The highest BCUT2D eigenvalue weighted by Crippen LogP contribution is 2.03. The molecular formula is C27H53ClN6O7. The monoisotopic (exact) mass is 608 g/mol. The van der Waals surface area contributed by atoms with Crippen molar-refractivity contribution in [2.45, 2.75) is 20.8 Å². The molecular weight excluding hydrogens is 556 g/mol. The van der Waals surface area contributed by atoms with E-state index in [0.29, 0.717) is 78.7 Å². The van der Waals surface area contributed by atoms with Crippen LogP contribution in [-0.2, 0) is 33.4 Å². The molecule has 1 aliphatic heterocycles. The van der Waals surface area contributed by atoms with Crippen molar-refractivity contribution >= 4 is 23.8 Å². The number of likely N-dealkylation sites (N-methyl/N-ethyl adjacent to an activating group) is 1. The van der Waals surface area contributed by atoms with Crippen molar-refractivity contribution in [3.8, 4) is 0 Å². The van der Waals surface area contributed by atoms with Gasteiger partial charge in [0.15, 0.2) is 0 Å². The van der Waals surface area contributed by atoms with E-state index in [4.69, 9.17) is 14.2 Å². The average molecular weight is 609 g/mol. The number of nitrogens with zero attached hydrogens (tertiary/aromatic N) is 5. The maximum absolute atomic E-state index is 12.8. The standard InChI is InChI=1S/C27H52N6O7.ClH/c1-7-38-25(35)21-30-13-11-29(20-24(34)28-10-19-33(4,5)6)12-14-31(22-26(36)39-8-2)16-18-32(17-15-30)23-27(37)40-9-3;/h7-23H2,1-6H3;1H. The number of nitrogens with one attached hydrogen (secondary N) is 1. The van der Waals surface area contributed by atoms with Crippen LogP contribution in [0.15, 0.2) is 0 Å². The van der Waals surface area contributed by atoms with E-state index < -0.39 is 0 Å². The number of amides is 1. The van der Waals surface area contributed by atoms with Gasteiger partial charge in [0.05, 0.1) is 80.2 Å². The second kappa shape index (κ2) is 21.6. The molecule has 0 aromatic rings. The predicted molar refractivity (Wildman–Crippen MR) is 152 cm³/mol. The van der Waals surface area contributed by atoms with Crippen molar-refractivity contribution in [3.05, 3.63) is 0 Å². The highest BCUT2D eigenvalue weighted by atomic mass is 35.5. The summed E-state index contributed by atoms with van der Waals surface area (Å²) >= 11 is 0. The first-order chi connectivity index (χ1) is 18.9. The molecule has 1 N–H and O–H groups in total. The number of hydrogen-bond donors (Lipinski definition) is 1. The van der Waals surface area contributed by atoms with E-state index in [9.17, 15) is 19.2 Å². The van der Waals surface area contributed by atoms with Crippen LogP contribution in [0.25, 0.3) is 0 Å². The molecule has 0 bridgehead atoms. The molecule has 1 saturated heterocycles. The van der Waals surface area contributed by atoms with Crippen LogP contribution in [0.3, 0.4) is 0 Å². The van der Waals surface area contributed by atoms with Crippen LogP contribution in [0.5, 0.6) is 0 Å². The number of rotatable bonds is 14. The van der Waals surface area contributed by atoms with Gasteiger partial charge in [-0.25, -0.2) is 0 Å². The Morgan fingerprint density at radius 1 is 0.585 bits per heavy atom. The van der Waals surface area contributed by atoms with E-state index in [0.717, 1.165) is 11.0 Å². The quantitative estimate of drug-likeness (QED) is 0.117. The number of halogens is 1. The largest absolute Gasteiger partial charge is 1.00 e. The van der Waals surface area contributed by atoms with E-state index in [1.807, 2.05) is 14.7 Å². The van der Waals surface area contributed by atoms with Gasteiger partial charge >= 0.3 is 17.9 Å². The van der Waals surface area contributed by atoms with Gasteiger partial charge in [0, 0.05) is 52.4 Å². The van der Waals surface area contributed by atoms with Crippen molar-refractivity contribution in [1.29, 1.82) is 0 Å². The molecule has 14 heteroatoms. The van der Waals surface area contributed by atoms with Gasteiger partial charge in [-0.1, -0.05) is 0 Å². The Hall–Kier alpha value is -2.03. The molecule has 1 rings (SSSR count). The molecule has 1 fully saturated rings. The minimum atomic E-state index is -0.314. The van der Waals surface area contributed by atoms with Gasteiger partial charge in [0.2, 0.25) is 5.91 Å². The Morgan fingerprint density at radius 2 is 0.878 bits per heavy atom. The summed E-state index contributed by atoms with van der Waals surface area (Å²) in [5.74, 6) is -0.991. The predicted octanol–water partition coefficient (Wildman–Crippen LogP) is -4.28. The highest BCUT2D eigenvalue weighted by Gasteiger charge is 2.22. The molecule has 0 spiro atoms. The second-order valence-electron chi connectivity index (χ2n) is 10.9. The number of quaternary nitrogens is 1. The lowest BCUT2D eigenvalue weighted by Crippen LogP contribution is -3.00.